The highest BCUT2D eigenvalue weighted by Crippen LogP contribution is 2.20. The average molecular weight is 403 g/mol. The first-order valence-corrected chi connectivity index (χ1v) is 9.91. The number of piperidine rings is 1. The minimum atomic E-state index is -2.85. The van der Waals surface area contributed by atoms with E-state index < -0.39 is 6.61 Å². The predicted octanol–water partition coefficient (Wildman–Crippen LogP) is 4.98. The maximum atomic E-state index is 12.2. The van der Waals surface area contributed by atoms with Crippen LogP contribution in [-0.2, 0) is 13.1 Å². The first kappa shape index (κ1) is 21.0. The lowest BCUT2D eigenvalue weighted by molar-refractivity contribution is -0.0498. The van der Waals surface area contributed by atoms with Crippen molar-refractivity contribution in [1.82, 2.24) is 10.2 Å². The number of amides is 2. The molecule has 0 aromatic heterocycles. The highest BCUT2D eigenvalue weighted by molar-refractivity contribution is 5.89. The Morgan fingerprint density at radius 2 is 1.79 bits per heavy atom. The molecule has 1 unspecified atom stereocenters. The number of hydrogen-bond donors (Lipinski definition) is 2. The van der Waals surface area contributed by atoms with Crippen LogP contribution in [0.15, 0.2) is 48.5 Å². The molecule has 1 heterocycles. The van der Waals surface area contributed by atoms with Crippen molar-refractivity contribution in [3.05, 3.63) is 59.7 Å². The molecule has 0 saturated carbocycles. The van der Waals surface area contributed by atoms with Gasteiger partial charge in [-0.15, -0.1) is 0 Å². The van der Waals surface area contributed by atoms with Crippen LogP contribution in [0, 0.1) is 0 Å². The molecule has 1 atom stereocenters. The van der Waals surface area contributed by atoms with Crippen molar-refractivity contribution in [3.63, 3.8) is 0 Å². The molecule has 2 N–H and O–H groups in total. The largest absolute Gasteiger partial charge is 0.435 e. The lowest BCUT2D eigenvalue weighted by Gasteiger charge is -2.33. The third-order valence-corrected chi connectivity index (χ3v) is 5.14. The molecule has 0 radical (unpaired) electrons. The lowest BCUT2D eigenvalue weighted by atomic mass is 10.0. The number of rotatable bonds is 7. The number of nitrogens with zero attached hydrogens (tertiary/aromatic N) is 1. The van der Waals surface area contributed by atoms with Crippen LogP contribution < -0.4 is 15.4 Å². The van der Waals surface area contributed by atoms with Crippen LogP contribution in [-0.4, -0.2) is 30.1 Å². The maximum Gasteiger partial charge on any atom is 0.387 e. The van der Waals surface area contributed by atoms with E-state index >= 15 is 0 Å². The van der Waals surface area contributed by atoms with E-state index in [-0.39, 0.29) is 18.3 Å². The van der Waals surface area contributed by atoms with Crippen LogP contribution in [0.3, 0.4) is 0 Å². The third-order valence-electron chi connectivity index (χ3n) is 5.14. The van der Waals surface area contributed by atoms with E-state index in [4.69, 9.17) is 0 Å². The predicted molar refractivity (Wildman–Crippen MR) is 109 cm³/mol. The molecule has 156 valence electrons. The van der Waals surface area contributed by atoms with Crippen molar-refractivity contribution in [1.29, 1.82) is 0 Å². The number of anilines is 1. The van der Waals surface area contributed by atoms with Gasteiger partial charge >= 0.3 is 12.6 Å². The Labute approximate surface area is 170 Å². The van der Waals surface area contributed by atoms with Crippen molar-refractivity contribution in [2.75, 3.05) is 11.9 Å². The molecule has 0 bridgehead atoms. The smallest absolute Gasteiger partial charge is 0.387 e. The average Bonchev–Trinajstić information content (AvgIpc) is 2.70. The van der Waals surface area contributed by atoms with Crippen LogP contribution >= 0.6 is 0 Å². The maximum absolute atomic E-state index is 12.2. The minimum absolute atomic E-state index is 0.0900. The quantitative estimate of drug-likeness (QED) is 0.685. The number of alkyl halides is 2. The van der Waals surface area contributed by atoms with Crippen molar-refractivity contribution in [3.8, 4) is 5.75 Å². The number of halogens is 2. The molecular formula is C22H27F2N3O2. The number of benzene rings is 2. The van der Waals surface area contributed by atoms with Crippen molar-refractivity contribution >= 4 is 11.7 Å². The van der Waals surface area contributed by atoms with Gasteiger partial charge < -0.3 is 15.4 Å². The molecule has 1 fully saturated rings. The van der Waals surface area contributed by atoms with Crippen LogP contribution in [0.25, 0.3) is 0 Å². The fourth-order valence-electron chi connectivity index (χ4n) is 3.47. The van der Waals surface area contributed by atoms with Crippen LogP contribution in [0.5, 0.6) is 5.75 Å². The zero-order valence-corrected chi connectivity index (χ0v) is 16.5. The standard InChI is InChI=1S/C22H27F2N3O2/c1-16-4-2-3-13-27(16)15-18-5-9-19(10-6-18)26-22(28)25-14-17-7-11-20(12-8-17)29-21(23)24/h5-12,16,21H,2-4,13-15H2,1H3,(H2,25,26,28). The van der Waals surface area contributed by atoms with Crippen LogP contribution in [0.2, 0.25) is 0 Å². The number of likely N-dealkylation sites (tertiary alicyclic amines) is 1. The van der Waals surface area contributed by atoms with Gasteiger partial charge in [-0.25, -0.2) is 4.79 Å². The van der Waals surface area contributed by atoms with Gasteiger partial charge in [0.1, 0.15) is 5.75 Å². The van der Waals surface area contributed by atoms with Gasteiger partial charge in [-0.05, 0) is 61.7 Å². The molecule has 0 aliphatic carbocycles. The van der Waals surface area contributed by atoms with Gasteiger partial charge in [0.05, 0.1) is 0 Å². The molecular weight excluding hydrogens is 376 g/mol. The van der Waals surface area contributed by atoms with E-state index in [9.17, 15) is 13.6 Å². The van der Waals surface area contributed by atoms with Gasteiger partial charge in [-0.3, -0.25) is 4.90 Å². The summed E-state index contributed by atoms with van der Waals surface area (Å²) in [5, 5.41) is 5.55. The van der Waals surface area contributed by atoms with Crippen LogP contribution in [0.1, 0.15) is 37.3 Å². The summed E-state index contributed by atoms with van der Waals surface area (Å²) < 4.78 is 28.6. The fraction of sp³-hybridized carbons (Fsp3) is 0.409. The van der Waals surface area contributed by atoms with E-state index in [0.717, 1.165) is 24.3 Å². The number of carbonyl (C=O) groups is 1. The second-order valence-corrected chi connectivity index (χ2v) is 7.34. The number of hydrogen-bond acceptors (Lipinski definition) is 3. The zero-order valence-electron chi connectivity index (χ0n) is 16.5. The summed E-state index contributed by atoms with van der Waals surface area (Å²) in [4.78, 5) is 14.6. The normalized spacial score (nSPS) is 17.2. The topological polar surface area (TPSA) is 53.6 Å². The Kier molecular flexibility index (Phi) is 7.41. The minimum Gasteiger partial charge on any atom is -0.435 e. The number of nitrogens with one attached hydrogen (secondary N) is 2. The summed E-state index contributed by atoms with van der Waals surface area (Å²) in [6.45, 7) is 1.78. The number of ether oxygens (including phenoxy) is 1. The molecule has 2 aromatic rings. The lowest BCUT2D eigenvalue weighted by Crippen LogP contribution is -2.36. The Balaban J connectivity index is 1.44. The van der Waals surface area contributed by atoms with Gasteiger partial charge in [0.25, 0.3) is 0 Å². The number of urea groups is 1. The molecule has 1 aliphatic heterocycles. The second kappa shape index (κ2) is 10.2. The summed E-state index contributed by atoms with van der Waals surface area (Å²) >= 11 is 0. The molecule has 1 saturated heterocycles. The summed E-state index contributed by atoms with van der Waals surface area (Å²) in [6.07, 6.45) is 3.82. The van der Waals surface area contributed by atoms with Gasteiger partial charge in [0.2, 0.25) is 0 Å². The van der Waals surface area contributed by atoms with Crippen molar-refractivity contribution in [2.24, 2.45) is 0 Å². The Bertz CT molecular complexity index is 782. The molecule has 1 aliphatic rings. The Hall–Kier alpha value is -2.67. The molecule has 3 rings (SSSR count). The van der Waals surface area contributed by atoms with E-state index in [1.54, 1.807) is 12.1 Å². The first-order valence-electron chi connectivity index (χ1n) is 9.91. The molecule has 29 heavy (non-hydrogen) atoms. The van der Waals surface area contributed by atoms with Gasteiger partial charge in [0, 0.05) is 24.8 Å². The highest BCUT2D eigenvalue weighted by atomic mass is 19.3. The number of carbonyl (C=O) groups excluding carboxylic acids is 1. The fourth-order valence-corrected chi connectivity index (χ4v) is 3.47. The third kappa shape index (κ3) is 6.71. The Morgan fingerprint density at radius 1 is 1.10 bits per heavy atom. The zero-order chi connectivity index (χ0) is 20.6. The van der Waals surface area contributed by atoms with Gasteiger partial charge in [-0.1, -0.05) is 30.7 Å². The SMILES string of the molecule is CC1CCCCN1Cc1ccc(NC(=O)NCc2ccc(OC(F)F)cc2)cc1. The summed E-state index contributed by atoms with van der Waals surface area (Å²) in [5.74, 6) is 0.0900. The van der Waals surface area contributed by atoms with E-state index in [1.165, 1.54) is 37.0 Å². The second-order valence-electron chi connectivity index (χ2n) is 7.34. The first-order chi connectivity index (χ1) is 14.0. The molecule has 0 spiro atoms. The van der Waals surface area contributed by atoms with E-state index in [0.29, 0.717) is 6.04 Å². The molecule has 7 heteroatoms. The summed E-state index contributed by atoms with van der Waals surface area (Å²) in [6, 6.07) is 14.3. The van der Waals surface area contributed by atoms with E-state index in [1.807, 2.05) is 24.3 Å². The summed E-state index contributed by atoms with van der Waals surface area (Å²) in [5.41, 5.74) is 2.74. The van der Waals surface area contributed by atoms with Crippen molar-refractivity contribution in [2.45, 2.75) is 51.9 Å². The van der Waals surface area contributed by atoms with E-state index in [2.05, 4.69) is 27.2 Å². The van der Waals surface area contributed by atoms with Gasteiger partial charge in [0.15, 0.2) is 0 Å². The Morgan fingerprint density at radius 3 is 2.45 bits per heavy atom. The molecule has 2 amide bonds. The monoisotopic (exact) mass is 403 g/mol. The molecule has 5 nitrogen and oxygen atoms in total. The van der Waals surface area contributed by atoms with Gasteiger partial charge in [-0.2, -0.15) is 8.78 Å². The summed E-state index contributed by atoms with van der Waals surface area (Å²) in [7, 11) is 0. The van der Waals surface area contributed by atoms with Crippen molar-refractivity contribution < 1.29 is 18.3 Å². The molecule has 2 aromatic carbocycles. The highest BCUT2D eigenvalue weighted by Gasteiger charge is 2.18. The van der Waals surface area contributed by atoms with Crippen LogP contribution in [0.4, 0.5) is 19.3 Å².